The number of amides is 1. The Labute approximate surface area is 131 Å². The second kappa shape index (κ2) is 5.11. The van der Waals surface area contributed by atoms with E-state index < -0.39 is 5.60 Å². The number of rotatable bonds is 1. The summed E-state index contributed by atoms with van der Waals surface area (Å²) in [6, 6.07) is 5.98. The molecule has 1 aromatic rings. The molecule has 1 aromatic carbocycles. The van der Waals surface area contributed by atoms with Crippen LogP contribution in [0, 0.1) is 0 Å². The van der Waals surface area contributed by atoms with Gasteiger partial charge in [0.25, 0.3) is 0 Å². The van der Waals surface area contributed by atoms with Crippen LogP contribution in [0.5, 0.6) is 0 Å². The zero-order valence-electron chi connectivity index (χ0n) is 13.7. The summed E-state index contributed by atoms with van der Waals surface area (Å²) in [6.07, 6.45) is 0.831. The van der Waals surface area contributed by atoms with Gasteiger partial charge in [0, 0.05) is 30.5 Å². The molecule has 1 heterocycles. The molecule has 3 rings (SSSR count). The molecule has 1 fully saturated rings. The quantitative estimate of drug-likeness (QED) is 0.743. The van der Waals surface area contributed by atoms with Crippen LogP contribution in [0.25, 0.3) is 0 Å². The molecule has 0 spiro atoms. The van der Waals surface area contributed by atoms with Crippen LogP contribution >= 0.6 is 0 Å². The van der Waals surface area contributed by atoms with Crippen molar-refractivity contribution in [3.8, 4) is 0 Å². The molecule has 4 nitrogen and oxygen atoms in total. The smallest absolute Gasteiger partial charge is 0.410 e. The first-order valence-corrected chi connectivity index (χ1v) is 7.87. The molecule has 0 saturated carbocycles. The fourth-order valence-electron chi connectivity index (χ4n) is 3.54. The van der Waals surface area contributed by atoms with Crippen molar-refractivity contribution in [2.24, 2.45) is 0 Å². The number of piperidine rings is 1. The molecule has 118 valence electrons. The average Bonchev–Trinajstić information content (AvgIpc) is 2.68. The van der Waals surface area contributed by atoms with Gasteiger partial charge in [-0.15, -0.1) is 0 Å². The van der Waals surface area contributed by atoms with Gasteiger partial charge in [0.15, 0.2) is 5.78 Å². The summed E-state index contributed by atoms with van der Waals surface area (Å²) in [5.74, 6) is 0.774. The molecule has 2 unspecified atom stereocenters. The molecule has 1 aliphatic carbocycles. The zero-order valence-corrected chi connectivity index (χ0v) is 13.7. The highest BCUT2D eigenvalue weighted by molar-refractivity contribution is 5.94. The van der Waals surface area contributed by atoms with E-state index in [0.29, 0.717) is 24.9 Å². The minimum Gasteiger partial charge on any atom is -0.444 e. The lowest BCUT2D eigenvalue weighted by Crippen LogP contribution is -2.42. The standard InChI is InChI=1S/C18H23NO3/c1-11(20)12-5-6-15-13-7-14(16(15)8-12)10-19(9-13)17(21)22-18(2,3)4/h5-6,8,13-14H,7,9-10H2,1-4H3. The van der Waals surface area contributed by atoms with E-state index in [0.717, 1.165) is 12.0 Å². The normalized spacial score (nSPS) is 23.2. The van der Waals surface area contributed by atoms with Gasteiger partial charge in [-0.05, 0) is 51.3 Å². The first kappa shape index (κ1) is 15.1. The molecule has 1 amide bonds. The number of fused-ring (bicyclic) bond motifs is 5. The van der Waals surface area contributed by atoms with Crippen LogP contribution in [0.2, 0.25) is 0 Å². The number of ketones is 1. The van der Waals surface area contributed by atoms with Crippen molar-refractivity contribution < 1.29 is 14.3 Å². The summed E-state index contributed by atoms with van der Waals surface area (Å²) in [7, 11) is 0. The van der Waals surface area contributed by atoms with Crippen LogP contribution < -0.4 is 0 Å². The van der Waals surface area contributed by atoms with Gasteiger partial charge in [-0.2, -0.15) is 0 Å². The number of likely N-dealkylation sites (tertiary alicyclic amines) is 1. The Morgan fingerprint density at radius 1 is 1.14 bits per heavy atom. The fourth-order valence-corrected chi connectivity index (χ4v) is 3.54. The van der Waals surface area contributed by atoms with Crippen LogP contribution in [0.1, 0.15) is 67.4 Å². The van der Waals surface area contributed by atoms with Crippen molar-refractivity contribution in [2.45, 2.75) is 51.6 Å². The Morgan fingerprint density at radius 3 is 2.36 bits per heavy atom. The van der Waals surface area contributed by atoms with Gasteiger partial charge in [-0.1, -0.05) is 12.1 Å². The highest BCUT2D eigenvalue weighted by atomic mass is 16.6. The van der Waals surface area contributed by atoms with E-state index in [4.69, 9.17) is 4.74 Å². The second-order valence-electron chi connectivity index (χ2n) is 7.41. The molecular weight excluding hydrogens is 278 g/mol. The van der Waals surface area contributed by atoms with E-state index in [2.05, 4.69) is 6.07 Å². The molecule has 0 radical (unpaired) electrons. The molecule has 1 saturated heterocycles. The number of carbonyl (C=O) groups is 2. The van der Waals surface area contributed by atoms with Crippen molar-refractivity contribution >= 4 is 11.9 Å². The number of hydrogen-bond donors (Lipinski definition) is 0. The Bertz CT molecular complexity index is 630. The minimum absolute atomic E-state index is 0.0910. The average molecular weight is 301 g/mol. The number of benzene rings is 1. The fraction of sp³-hybridized carbons (Fsp3) is 0.556. The molecule has 0 aromatic heterocycles. The van der Waals surface area contributed by atoms with E-state index >= 15 is 0 Å². The topological polar surface area (TPSA) is 46.6 Å². The van der Waals surface area contributed by atoms with Crippen molar-refractivity contribution in [3.63, 3.8) is 0 Å². The Kier molecular flexibility index (Phi) is 3.50. The number of ether oxygens (including phenoxy) is 1. The number of hydrogen-bond acceptors (Lipinski definition) is 3. The van der Waals surface area contributed by atoms with Crippen molar-refractivity contribution in [2.75, 3.05) is 13.1 Å². The summed E-state index contributed by atoms with van der Waals surface area (Å²) in [6.45, 7) is 8.64. The van der Waals surface area contributed by atoms with Crippen LogP contribution in [0.15, 0.2) is 18.2 Å². The highest BCUT2D eigenvalue weighted by Gasteiger charge is 2.40. The van der Waals surface area contributed by atoms with Gasteiger partial charge in [0.05, 0.1) is 0 Å². The molecular formula is C18H23NO3. The maximum absolute atomic E-state index is 12.3. The lowest BCUT2D eigenvalue weighted by Gasteiger charge is -2.33. The van der Waals surface area contributed by atoms with Crippen LogP contribution in [0.3, 0.4) is 0 Å². The highest BCUT2D eigenvalue weighted by Crippen LogP contribution is 2.46. The van der Waals surface area contributed by atoms with Crippen LogP contribution in [-0.4, -0.2) is 35.5 Å². The monoisotopic (exact) mass is 301 g/mol. The van der Waals surface area contributed by atoms with Crippen molar-refractivity contribution in [1.29, 1.82) is 0 Å². The van der Waals surface area contributed by atoms with Gasteiger partial charge in [-0.3, -0.25) is 4.79 Å². The van der Waals surface area contributed by atoms with Crippen molar-refractivity contribution in [3.05, 3.63) is 34.9 Å². The van der Waals surface area contributed by atoms with Crippen molar-refractivity contribution in [1.82, 2.24) is 4.90 Å². The van der Waals surface area contributed by atoms with Gasteiger partial charge in [0.2, 0.25) is 0 Å². The third-order valence-electron chi connectivity index (χ3n) is 4.48. The lowest BCUT2D eigenvalue weighted by atomic mass is 9.96. The Balaban J connectivity index is 1.81. The van der Waals surface area contributed by atoms with Crippen LogP contribution in [-0.2, 0) is 4.74 Å². The summed E-state index contributed by atoms with van der Waals surface area (Å²) in [5, 5.41) is 0. The maximum Gasteiger partial charge on any atom is 0.410 e. The summed E-state index contributed by atoms with van der Waals surface area (Å²) >= 11 is 0. The number of carbonyl (C=O) groups excluding carboxylic acids is 2. The number of Topliss-reactive ketones (excluding diaryl/α,β-unsaturated/α-hetero) is 1. The summed E-state index contributed by atoms with van der Waals surface area (Å²) in [5.41, 5.74) is 2.82. The Morgan fingerprint density at radius 2 is 1.77 bits per heavy atom. The van der Waals surface area contributed by atoms with Crippen LogP contribution in [0.4, 0.5) is 4.79 Å². The summed E-state index contributed by atoms with van der Waals surface area (Å²) < 4.78 is 5.50. The van der Waals surface area contributed by atoms with E-state index in [1.54, 1.807) is 6.92 Å². The molecule has 2 atom stereocenters. The molecule has 4 heteroatoms. The van der Waals surface area contributed by atoms with Gasteiger partial charge in [0.1, 0.15) is 5.60 Å². The molecule has 0 N–H and O–H groups in total. The largest absolute Gasteiger partial charge is 0.444 e. The van der Waals surface area contributed by atoms with Gasteiger partial charge < -0.3 is 9.64 Å². The SMILES string of the molecule is CC(=O)c1ccc2c(c1)C1CC2CN(C(=O)OC(C)(C)C)C1. The second-order valence-corrected chi connectivity index (χ2v) is 7.41. The third kappa shape index (κ3) is 2.74. The lowest BCUT2D eigenvalue weighted by molar-refractivity contribution is 0.0192. The molecule has 22 heavy (non-hydrogen) atoms. The third-order valence-corrected chi connectivity index (χ3v) is 4.48. The zero-order chi connectivity index (χ0) is 16.1. The van der Waals surface area contributed by atoms with E-state index in [9.17, 15) is 9.59 Å². The first-order valence-electron chi connectivity index (χ1n) is 7.87. The predicted molar refractivity (Wildman–Crippen MR) is 84.4 cm³/mol. The minimum atomic E-state index is -0.470. The summed E-state index contributed by atoms with van der Waals surface area (Å²) in [4.78, 5) is 25.7. The van der Waals surface area contributed by atoms with Gasteiger partial charge in [-0.25, -0.2) is 4.79 Å². The van der Waals surface area contributed by atoms with Gasteiger partial charge >= 0.3 is 6.09 Å². The Hall–Kier alpha value is -1.84. The maximum atomic E-state index is 12.3. The number of nitrogens with zero attached hydrogens (tertiary/aromatic N) is 1. The first-order chi connectivity index (χ1) is 10.2. The predicted octanol–water partition coefficient (Wildman–Crippen LogP) is 3.71. The van der Waals surface area contributed by atoms with E-state index in [1.807, 2.05) is 37.8 Å². The molecule has 2 aliphatic rings. The van der Waals surface area contributed by atoms with E-state index in [-0.39, 0.29) is 11.9 Å². The molecule has 1 aliphatic heterocycles. The molecule has 2 bridgehead atoms. The van der Waals surface area contributed by atoms with E-state index in [1.165, 1.54) is 11.1 Å².